The number of hydrazone groups is 1. The number of carbonyl (C=O) groups is 2. The molecule has 1 rings (SSSR count). The molecular weight excluding hydrogens is 258 g/mol. The van der Waals surface area contributed by atoms with Crippen LogP contribution in [-0.4, -0.2) is 24.6 Å². The number of anilines is 1. The van der Waals surface area contributed by atoms with Gasteiger partial charge in [-0.3, -0.25) is 9.59 Å². The smallest absolute Gasteiger partial charge is 0.236 e. The van der Waals surface area contributed by atoms with Gasteiger partial charge in [-0.15, -0.1) is 0 Å². The van der Waals surface area contributed by atoms with E-state index >= 15 is 0 Å². The summed E-state index contributed by atoms with van der Waals surface area (Å²) in [6, 6.07) is 5.53. The van der Waals surface area contributed by atoms with Gasteiger partial charge in [0.05, 0.1) is 19.2 Å². The van der Waals surface area contributed by atoms with E-state index in [1.165, 1.54) is 6.92 Å². The Bertz CT molecular complexity index is 538. The topological polar surface area (TPSA) is 79.8 Å². The first-order valence-electron chi connectivity index (χ1n) is 6.16. The monoisotopic (exact) mass is 277 g/mol. The lowest BCUT2D eigenvalue weighted by molar-refractivity contribution is -0.119. The minimum absolute atomic E-state index is 0.0946. The van der Waals surface area contributed by atoms with Crippen molar-refractivity contribution in [1.29, 1.82) is 0 Å². The number of nitrogens with one attached hydrogen (secondary N) is 2. The molecule has 6 heteroatoms. The lowest BCUT2D eigenvalue weighted by Gasteiger charge is -2.11. The molecule has 0 saturated carbocycles. The van der Waals surface area contributed by atoms with E-state index < -0.39 is 0 Å². The Labute approximate surface area is 118 Å². The fraction of sp³-hybridized carbons (Fsp3) is 0.357. The van der Waals surface area contributed by atoms with Crippen LogP contribution in [0.25, 0.3) is 0 Å². The van der Waals surface area contributed by atoms with Gasteiger partial charge in [0.25, 0.3) is 0 Å². The molecule has 0 radical (unpaired) electrons. The van der Waals surface area contributed by atoms with Crippen molar-refractivity contribution >= 4 is 23.2 Å². The molecule has 2 N–H and O–H groups in total. The molecule has 2 amide bonds. The highest BCUT2D eigenvalue weighted by Crippen LogP contribution is 2.25. The molecule has 0 aliphatic heterocycles. The molecule has 0 spiro atoms. The van der Waals surface area contributed by atoms with E-state index in [0.717, 1.165) is 5.56 Å². The Morgan fingerprint density at radius 2 is 2.00 bits per heavy atom. The zero-order valence-corrected chi connectivity index (χ0v) is 12.1. The van der Waals surface area contributed by atoms with Gasteiger partial charge in [-0.05, 0) is 31.5 Å². The summed E-state index contributed by atoms with van der Waals surface area (Å²) in [5.74, 6) is 0.103. The molecule has 0 saturated heterocycles. The van der Waals surface area contributed by atoms with Crippen molar-refractivity contribution in [2.75, 3.05) is 12.4 Å². The molecule has 0 unspecified atom stereocenters. The molecule has 0 aliphatic carbocycles. The first-order valence-corrected chi connectivity index (χ1v) is 6.16. The van der Waals surface area contributed by atoms with Crippen molar-refractivity contribution in [3.63, 3.8) is 0 Å². The minimum Gasteiger partial charge on any atom is -0.495 e. The lowest BCUT2D eigenvalue weighted by Crippen LogP contribution is -2.19. The van der Waals surface area contributed by atoms with Crippen LogP contribution in [0, 0.1) is 6.92 Å². The van der Waals surface area contributed by atoms with Crippen LogP contribution in [0.5, 0.6) is 5.75 Å². The molecule has 1 aromatic carbocycles. The van der Waals surface area contributed by atoms with Crippen molar-refractivity contribution in [2.45, 2.75) is 27.2 Å². The molecule has 0 aromatic heterocycles. The van der Waals surface area contributed by atoms with E-state index in [-0.39, 0.29) is 18.2 Å². The first kappa shape index (κ1) is 15.7. The minimum atomic E-state index is -0.273. The van der Waals surface area contributed by atoms with Gasteiger partial charge < -0.3 is 10.1 Å². The largest absolute Gasteiger partial charge is 0.495 e. The molecule has 6 nitrogen and oxygen atoms in total. The number of ether oxygens (including phenoxy) is 1. The van der Waals surface area contributed by atoms with Gasteiger partial charge in [-0.2, -0.15) is 5.10 Å². The summed E-state index contributed by atoms with van der Waals surface area (Å²) in [6.45, 7) is 4.95. The average Bonchev–Trinajstić information content (AvgIpc) is 2.36. The van der Waals surface area contributed by atoms with E-state index in [9.17, 15) is 9.59 Å². The first-order chi connectivity index (χ1) is 9.42. The third-order valence-corrected chi connectivity index (χ3v) is 2.45. The summed E-state index contributed by atoms with van der Waals surface area (Å²) in [4.78, 5) is 22.6. The Morgan fingerprint density at radius 1 is 1.30 bits per heavy atom. The Morgan fingerprint density at radius 3 is 2.60 bits per heavy atom. The normalized spacial score (nSPS) is 10.9. The molecule has 20 heavy (non-hydrogen) atoms. The van der Waals surface area contributed by atoms with Gasteiger partial charge in [0, 0.05) is 12.6 Å². The standard InChI is InChI=1S/C14H19N3O3/c1-9-5-6-13(20-4)12(7-9)15-14(19)8-10(2)16-17-11(3)18/h5-7H,8H2,1-4H3,(H,15,19)(H,17,18)/b16-10+. The van der Waals surface area contributed by atoms with Crippen molar-refractivity contribution < 1.29 is 14.3 Å². The van der Waals surface area contributed by atoms with Crippen LogP contribution in [0.15, 0.2) is 23.3 Å². The number of aryl methyl sites for hydroxylation is 1. The number of rotatable bonds is 5. The predicted molar refractivity (Wildman–Crippen MR) is 77.9 cm³/mol. The molecule has 0 atom stereocenters. The number of amides is 2. The maximum absolute atomic E-state index is 11.9. The molecule has 0 bridgehead atoms. The van der Waals surface area contributed by atoms with Crippen LogP contribution in [-0.2, 0) is 9.59 Å². The second-order valence-electron chi connectivity index (χ2n) is 4.44. The third-order valence-electron chi connectivity index (χ3n) is 2.45. The van der Waals surface area contributed by atoms with Gasteiger partial charge in [0.2, 0.25) is 11.8 Å². The number of methoxy groups -OCH3 is 1. The molecule has 0 fully saturated rings. The van der Waals surface area contributed by atoms with Crippen molar-refractivity contribution in [2.24, 2.45) is 5.10 Å². The summed E-state index contributed by atoms with van der Waals surface area (Å²) in [7, 11) is 1.55. The Kier molecular flexibility index (Phi) is 5.71. The van der Waals surface area contributed by atoms with E-state index in [4.69, 9.17) is 4.74 Å². The van der Waals surface area contributed by atoms with Crippen LogP contribution in [0.1, 0.15) is 25.8 Å². The number of hydrogen-bond acceptors (Lipinski definition) is 4. The summed E-state index contributed by atoms with van der Waals surface area (Å²) in [5, 5.41) is 6.55. The summed E-state index contributed by atoms with van der Waals surface area (Å²) >= 11 is 0. The van der Waals surface area contributed by atoms with Gasteiger partial charge >= 0.3 is 0 Å². The van der Waals surface area contributed by atoms with E-state index in [2.05, 4.69) is 15.8 Å². The molecule has 0 aliphatic rings. The maximum Gasteiger partial charge on any atom is 0.236 e. The van der Waals surface area contributed by atoms with E-state index in [1.807, 2.05) is 19.1 Å². The maximum atomic E-state index is 11.9. The van der Waals surface area contributed by atoms with Crippen LogP contribution < -0.4 is 15.5 Å². The van der Waals surface area contributed by atoms with Gasteiger partial charge in [0.15, 0.2) is 0 Å². The van der Waals surface area contributed by atoms with Crippen molar-refractivity contribution in [3.8, 4) is 5.75 Å². The Hall–Kier alpha value is -2.37. The molecule has 0 heterocycles. The number of benzene rings is 1. The van der Waals surface area contributed by atoms with Crippen molar-refractivity contribution in [1.82, 2.24) is 5.43 Å². The molecule has 1 aromatic rings. The highest BCUT2D eigenvalue weighted by atomic mass is 16.5. The third kappa shape index (κ3) is 5.09. The summed E-state index contributed by atoms with van der Waals surface area (Å²) < 4.78 is 5.18. The molecular formula is C14H19N3O3. The second kappa shape index (κ2) is 7.28. The summed E-state index contributed by atoms with van der Waals surface area (Å²) in [6.07, 6.45) is 0.0946. The Balaban J connectivity index is 2.69. The van der Waals surface area contributed by atoms with Gasteiger partial charge in [-0.25, -0.2) is 5.43 Å². The fourth-order valence-electron chi connectivity index (χ4n) is 1.56. The number of hydrogen-bond donors (Lipinski definition) is 2. The zero-order chi connectivity index (χ0) is 15.1. The average molecular weight is 277 g/mol. The van der Waals surface area contributed by atoms with Crippen LogP contribution in [0.2, 0.25) is 0 Å². The SMILES string of the molecule is COc1ccc(C)cc1NC(=O)C/C(C)=N/NC(C)=O. The summed E-state index contributed by atoms with van der Waals surface area (Å²) in [5.41, 5.74) is 4.44. The second-order valence-corrected chi connectivity index (χ2v) is 4.44. The predicted octanol–water partition coefficient (Wildman–Crippen LogP) is 1.84. The van der Waals surface area contributed by atoms with Gasteiger partial charge in [-0.1, -0.05) is 6.07 Å². The van der Waals surface area contributed by atoms with Crippen molar-refractivity contribution in [3.05, 3.63) is 23.8 Å². The van der Waals surface area contributed by atoms with Gasteiger partial charge in [0.1, 0.15) is 5.75 Å². The lowest BCUT2D eigenvalue weighted by atomic mass is 10.2. The van der Waals surface area contributed by atoms with Crippen LogP contribution >= 0.6 is 0 Å². The van der Waals surface area contributed by atoms with Crippen LogP contribution in [0.4, 0.5) is 5.69 Å². The molecule has 108 valence electrons. The number of nitrogens with zero attached hydrogens (tertiary/aromatic N) is 1. The highest BCUT2D eigenvalue weighted by Gasteiger charge is 2.09. The highest BCUT2D eigenvalue weighted by molar-refractivity contribution is 6.06. The van der Waals surface area contributed by atoms with E-state index in [1.54, 1.807) is 20.1 Å². The zero-order valence-electron chi connectivity index (χ0n) is 12.1. The van der Waals surface area contributed by atoms with E-state index in [0.29, 0.717) is 17.1 Å². The fourth-order valence-corrected chi connectivity index (χ4v) is 1.56. The quantitative estimate of drug-likeness (QED) is 0.636. The number of carbonyl (C=O) groups excluding carboxylic acids is 2. The van der Waals surface area contributed by atoms with Crippen LogP contribution in [0.3, 0.4) is 0 Å².